The molecule has 0 fully saturated rings. The fourth-order valence-corrected chi connectivity index (χ4v) is 8.89. The van der Waals surface area contributed by atoms with Crippen molar-refractivity contribution >= 4 is 43.8 Å². The Morgan fingerprint density at radius 2 is 1.34 bits per heavy atom. The van der Waals surface area contributed by atoms with E-state index in [0.29, 0.717) is 5.92 Å². The molecule has 8 aromatic rings. The Labute approximate surface area is 355 Å². The van der Waals surface area contributed by atoms with E-state index in [9.17, 15) is 5.26 Å². The van der Waals surface area contributed by atoms with E-state index < -0.39 is 0 Å². The lowest BCUT2D eigenvalue weighted by Crippen LogP contribution is -1.98. The highest BCUT2D eigenvalue weighted by molar-refractivity contribution is 7.26. The first kappa shape index (κ1) is 42.3. The second-order valence-corrected chi connectivity index (χ2v) is 16.0. The lowest BCUT2D eigenvalue weighted by Gasteiger charge is -2.11. The fraction of sp³-hybridized carbons (Fsp3) is 0.179. The smallest absolute Gasteiger partial charge is 0.0991 e. The molecule has 1 atom stereocenters. The predicted molar refractivity (Wildman–Crippen MR) is 259 cm³/mol. The molecule has 3 heteroatoms. The van der Waals surface area contributed by atoms with Crippen molar-refractivity contribution in [3.05, 3.63) is 198 Å². The number of allylic oxidation sites excluding steroid dienone is 1. The maximum absolute atomic E-state index is 9.71. The number of nitrogens with zero attached hydrogens (tertiary/aromatic N) is 2. The number of thiophene rings is 1. The first-order chi connectivity index (χ1) is 28.9. The summed E-state index contributed by atoms with van der Waals surface area (Å²) in [7, 11) is 0. The number of rotatable bonds is 8. The summed E-state index contributed by atoms with van der Waals surface area (Å²) >= 11 is 1.88. The van der Waals surface area contributed by atoms with Crippen LogP contribution < -0.4 is 0 Å². The van der Waals surface area contributed by atoms with E-state index in [4.69, 9.17) is 0 Å². The number of hydrogen-bond donors (Lipinski definition) is 0. The van der Waals surface area contributed by atoms with Crippen LogP contribution in [0.5, 0.6) is 0 Å². The third-order valence-electron chi connectivity index (χ3n) is 10.8. The van der Waals surface area contributed by atoms with Crippen molar-refractivity contribution in [3.63, 3.8) is 0 Å². The summed E-state index contributed by atoms with van der Waals surface area (Å²) in [5.74, 6) is 0.600. The minimum absolute atomic E-state index is 0.600. The number of aliphatic imine (C=N–C) groups is 1. The van der Waals surface area contributed by atoms with Crippen molar-refractivity contribution in [2.24, 2.45) is 10.9 Å². The second-order valence-electron chi connectivity index (χ2n) is 14.9. The lowest BCUT2D eigenvalue weighted by atomic mass is 9.93. The van der Waals surface area contributed by atoms with Crippen molar-refractivity contribution in [3.8, 4) is 39.4 Å². The average molecular weight is 787 g/mol. The summed E-state index contributed by atoms with van der Waals surface area (Å²) in [4.78, 5) is 3.76. The molecule has 0 saturated carbocycles. The number of benzene rings is 7. The van der Waals surface area contributed by atoms with Crippen LogP contribution in [0.15, 0.2) is 169 Å². The van der Waals surface area contributed by atoms with Crippen molar-refractivity contribution in [1.82, 2.24) is 0 Å². The van der Waals surface area contributed by atoms with Crippen LogP contribution in [-0.4, -0.2) is 6.72 Å². The van der Waals surface area contributed by atoms with E-state index in [-0.39, 0.29) is 0 Å². The largest absolute Gasteiger partial charge is 0.296 e. The van der Waals surface area contributed by atoms with Crippen LogP contribution in [0, 0.1) is 17.2 Å². The molecule has 0 bridgehead atoms. The molecule has 1 heterocycles. The Morgan fingerprint density at radius 3 is 2.02 bits per heavy atom. The summed E-state index contributed by atoms with van der Waals surface area (Å²) in [5, 5.41) is 12.3. The number of nitriles is 1. The monoisotopic (exact) mass is 786 g/mol. The van der Waals surface area contributed by atoms with Crippen LogP contribution in [0.4, 0.5) is 0 Å². The van der Waals surface area contributed by atoms with E-state index in [1.807, 2.05) is 86.7 Å². The highest BCUT2D eigenvalue weighted by atomic mass is 32.1. The van der Waals surface area contributed by atoms with E-state index in [1.54, 1.807) is 0 Å². The molecule has 1 aliphatic carbocycles. The fourth-order valence-electron chi connectivity index (χ4n) is 7.62. The van der Waals surface area contributed by atoms with Crippen LogP contribution in [0.25, 0.3) is 59.1 Å². The Kier molecular flexibility index (Phi) is 14.6. The van der Waals surface area contributed by atoms with Gasteiger partial charge in [0.1, 0.15) is 0 Å². The standard InChI is InChI=1S/C37H29NS.C9H10.C8H9N.C2H6/c1-3-23(2)16-24-17-25(22-38)19-28(18-24)26-14-15-32-34-13-7-12-33(37(34)39-36(32)21-26)31-11-6-10-30-29-9-5-4-8-27(29)20-35(30)31;1-8(2)9-6-4-3-5-7-9;1-9-7-8-5-3-2-4-6-8;1-2/h4-15,17-19,21,23H,3,16,20H2,1-2H3;3-7H,1H2,2H3;2-6H,1,7H2;1-2H3. The van der Waals surface area contributed by atoms with E-state index >= 15 is 0 Å². The van der Waals surface area contributed by atoms with Crippen LogP contribution in [0.3, 0.4) is 0 Å². The summed E-state index contributed by atoms with van der Waals surface area (Å²) in [5.41, 5.74) is 16.1. The Hall–Kier alpha value is -6.34. The Balaban J connectivity index is 0.000000240. The molecule has 2 nitrogen and oxygen atoms in total. The molecule has 1 unspecified atom stereocenters. The van der Waals surface area contributed by atoms with E-state index in [1.165, 1.54) is 75.8 Å². The zero-order chi connectivity index (χ0) is 41.7. The molecule has 0 radical (unpaired) electrons. The van der Waals surface area contributed by atoms with Gasteiger partial charge in [0.15, 0.2) is 0 Å². The van der Waals surface area contributed by atoms with Crippen molar-refractivity contribution in [2.75, 3.05) is 0 Å². The zero-order valence-corrected chi connectivity index (χ0v) is 36.0. The van der Waals surface area contributed by atoms with Gasteiger partial charge in [-0.1, -0.05) is 186 Å². The lowest BCUT2D eigenvalue weighted by molar-refractivity contribution is 0.560. The van der Waals surface area contributed by atoms with E-state index in [0.717, 1.165) is 42.5 Å². The van der Waals surface area contributed by atoms with Gasteiger partial charge in [-0.3, -0.25) is 4.99 Å². The average Bonchev–Trinajstić information content (AvgIpc) is 3.86. The molecule has 7 aromatic carbocycles. The number of fused-ring (bicyclic) bond motifs is 6. The van der Waals surface area contributed by atoms with E-state index in [2.05, 4.69) is 141 Å². The third kappa shape index (κ3) is 10.0. The molecule has 294 valence electrons. The Morgan fingerprint density at radius 1 is 0.695 bits per heavy atom. The van der Waals surface area contributed by atoms with Gasteiger partial charge in [-0.2, -0.15) is 5.26 Å². The summed E-state index contributed by atoms with van der Waals surface area (Å²) < 4.78 is 2.63. The van der Waals surface area contributed by atoms with Crippen LogP contribution >= 0.6 is 11.3 Å². The van der Waals surface area contributed by atoms with Gasteiger partial charge < -0.3 is 0 Å². The quantitative estimate of drug-likeness (QED) is 0.141. The summed E-state index contributed by atoms with van der Waals surface area (Å²) in [6, 6.07) is 58.1. The molecule has 0 aliphatic heterocycles. The highest BCUT2D eigenvalue weighted by Gasteiger charge is 2.22. The van der Waals surface area contributed by atoms with Gasteiger partial charge in [0.05, 0.1) is 18.2 Å². The highest BCUT2D eigenvalue weighted by Crippen LogP contribution is 2.46. The van der Waals surface area contributed by atoms with Crippen molar-refractivity contribution in [1.29, 1.82) is 5.26 Å². The molecule has 0 amide bonds. The van der Waals surface area contributed by atoms with Gasteiger partial charge in [0, 0.05) is 20.2 Å². The van der Waals surface area contributed by atoms with Gasteiger partial charge >= 0.3 is 0 Å². The van der Waals surface area contributed by atoms with Crippen LogP contribution in [0.2, 0.25) is 0 Å². The molecule has 1 aromatic heterocycles. The van der Waals surface area contributed by atoms with Crippen molar-refractivity contribution in [2.45, 2.75) is 60.4 Å². The maximum Gasteiger partial charge on any atom is 0.0991 e. The third-order valence-corrected chi connectivity index (χ3v) is 12.0. The topological polar surface area (TPSA) is 36.1 Å². The first-order valence-corrected chi connectivity index (χ1v) is 21.6. The predicted octanol–water partition coefficient (Wildman–Crippen LogP) is 16.1. The van der Waals surface area contributed by atoms with Gasteiger partial charge in [0.25, 0.3) is 0 Å². The van der Waals surface area contributed by atoms with Crippen molar-refractivity contribution < 1.29 is 0 Å². The van der Waals surface area contributed by atoms with Gasteiger partial charge in [0.2, 0.25) is 0 Å². The Bertz CT molecular complexity index is 2710. The first-order valence-electron chi connectivity index (χ1n) is 20.7. The molecule has 0 N–H and O–H groups in total. The van der Waals surface area contributed by atoms with Gasteiger partial charge in [-0.05, 0) is 112 Å². The molecule has 59 heavy (non-hydrogen) atoms. The number of hydrogen-bond acceptors (Lipinski definition) is 3. The molecule has 0 spiro atoms. The molecule has 9 rings (SSSR count). The molecule has 1 aliphatic rings. The maximum atomic E-state index is 9.71. The van der Waals surface area contributed by atoms with Crippen LogP contribution in [0.1, 0.15) is 74.4 Å². The van der Waals surface area contributed by atoms with Crippen LogP contribution in [-0.2, 0) is 19.4 Å². The summed E-state index contributed by atoms with van der Waals surface area (Å²) in [6.07, 6.45) is 3.12. The molecular formula is C56H54N2S. The minimum Gasteiger partial charge on any atom is -0.296 e. The van der Waals surface area contributed by atoms with Gasteiger partial charge in [-0.25, -0.2) is 0 Å². The second kappa shape index (κ2) is 20.4. The summed E-state index contributed by atoms with van der Waals surface area (Å²) in [6.45, 7) is 18.5. The normalized spacial score (nSPS) is 11.3. The zero-order valence-electron chi connectivity index (χ0n) is 35.1. The molecule has 0 saturated heterocycles. The minimum atomic E-state index is 0.600. The van der Waals surface area contributed by atoms with Gasteiger partial charge in [-0.15, -0.1) is 11.3 Å². The SMILES string of the molecule is C=C(C)c1ccccc1.C=NCc1ccccc1.CC.CCC(C)Cc1cc(C#N)cc(-c2ccc3c(c2)sc2c(-c4cccc5c4Cc4ccccc4-5)cccc23)c1. The molecular weight excluding hydrogens is 733 g/mol.